The molecule has 1 aromatic carbocycles. The number of likely N-dealkylation sites (tertiary alicyclic amines) is 1. The average molecular weight is 293 g/mol. The normalized spacial score (nSPS) is 18.6. The van der Waals surface area contributed by atoms with Crippen LogP contribution in [0.25, 0.3) is 0 Å². The molecule has 0 aromatic heterocycles. The lowest BCUT2D eigenvalue weighted by Gasteiger charge is -2.23. The van der Waals surface area contributed by atoms with Crippen molar-refractivity contribution in [3.05, 3.63) is 33.9 Å². The van der Waals surface area contributed by atoms with Crippen molar-refractivity contribution in [2.45, 2.75) is 25.8 Å². The van der Waals surface area contributed by atoms with Crippen molar-refractivity contribution in [2.24, 2.45) is 0 Å². The number of rotatable bonds is 6. The van der Waals surface area contributed by atoms with Crippen LogP contribution in [-0.2, 0) is 0 Å². The van der Waals surface area contributed by atoms with E-state index in [0.29, 0.717) is 18.3 Å². The zero-order valence-electron chi connectivity index (χ0n) is 11.9. The van der Waals surface area contributed by atoms with Gasteiger partial charge in [0.2, 0.25) is 0 Å². The number of benzene rings is 1. The van der Waals surface area contributed by atoms with Crippen molar-refractivity contribution >= 4 is 17.3 Å². The van der Waals surface area contributed by atoms with Gasteiger partial charge in [0.1, 0.15) is 0 Å². The van der Waals surface area contributed by atoms with Crippen LogP contribution in [0.3, 0.4) is 0 Å². The largest absolute Gasteiger partial charge is 0.478 e. The minimum Gasteiger partial charge on any atom is -0.478 e. The second-order valence-electron chi connectivity index (χ2n) is 5.10. The number of carbonyl (C=O) groups is 1. The Balaban J connectivity index is 2.15. The Morgan fingerprint density at radius 2 is 2.33 bits per heavy atom. The van der Waals surface area contributed by atoms with Crippen LogP contribution >= 0.6 is 0 Å². The van der Waals surface area contributed by atoms with Gasteiger partial charge in [-0.1, -0.05) is 6.92 Å². The number of aromatic carboxylic acids is 1. The second kappa shape index (κ2) is 6.53. The SMILES string of the molecule is CCN1CCCC1CNc1cc([N+](=O)[O-])ccc1C(=O)O. The summed E-state index contributed by atoms with van der Waals surface area (Å²) < 4.78 is 0. The summed E-state index contributed by atoms with van der Waals surface area (Å²) in [5.74, 6) is -1.09. The minimum absolute atomic E-state index is 0.0571. The van der Waals surface area contributed by atoms with Crippen LogP contribution in [0.2, 0.25) is 0 Å². The van der Waals surface area contributed by atoms with Gasteiger partial charge in [0.05, 0.1) is 16.2 Å². The monoisotopic (exact) mass is 293 g/mol. The van der Waals surface area contributed by atoms with Crippen LogP contribution in [0.5, 0.6) is 0 Å². The lowest BCUT2D eigenvalue weighted by molar-refractivity contribution is -0.384. The molecule has 7 heteroatoms. The highest BCUT2D eigenvalue weighted by Gasteiger charge is 2.23. The highest BCUT2D eigenvalue weighted by molar-refractivity contribution is 5.94. The van der Waals surface area contributed by atoms with Crippen molar-refractivity contribution in [3.63, 3.8) is 0 Å². The van der Waals surface area contributed by atoms with E-state index in [4.69, 9.17) is 5.11 Å². The van der Waals surface area contributed by atoms with Crippen molar-refractivity contribution in [1.29, 1.82) is 0 Å². The first-order valence-electron chi connectivity index (χ1n) is 7.02. The van der Waals surface area contributed by atoms with Gasteiger partial charge in [0, 0.05) is 24.7 Å². The zero-order chi connectivity index (χ0) is 15.4. The molecule has 1 aliphatic heterocycles. The first-order valence-corrected chi connectivity index (χ1v) is 7.02. The van der Waals surface area contributed by atoms with E-state index in [1.807, 2.05) is 0 Å². The van der Waals surface area contributed by atoms with E-state index in [1.165, 1.54) is 18.2 Å². The van der Waals surface area contributed by atoms with E-state index in [2.05, 4.69) is 17.1 Å². The molecule has 114 valence electrons. The molecule has 1 fully saturated rings. The Labute approximate surface area is 122 Å². The number of nitro groups is 1. The molecule has 0 saturated carbocycles. The Kier molecular flexibility index (Phi) is 4.74. The van der Waals surface area contributed by atoms with Gasteiger partial charge in [-0.3, -0.25) is 15.0 Å². The van der Waals surface area contributed by atoms with Gasteiger partial charge in [-0.15, -0.1) is 0 Å². The molecule has 0 bridgehead atoms. The Morgan fingerprint density at radius 3 is 2.95 bits per heavy atom. The Bertz CT molecular complexity index is 547. The van der Waals surface area contributed by atoms with E-state index < -0.39 is 10.9 Å². The number of carboxylic acids is 1. The molecule has 1 aromatic rings. The number of anilines is 1. The van der Waals surface area contributed by atoms with Crippen molar-refractivity contribution < 1.29 is 14.8 Å². The molecule has 1 unspecified atom stereocenters. The molecular formula is C14H19N3O4. The van der Waals surface area contributed by atoms with E-state index in [9.17, 15) is 14.9 Å². The van der Waals surface area contributed by atoms with E-state index in [1.54, 1.807) is 0 Å². The summed E-state index contributed by atoms with van der Waals surface area (Å²) in [5, 5.41) is 23.0. The maximum atomic E-state index is 11.2. The van der Waals surface area contributed by atoms with Gasteiger partial charge in [-0.2, -0.15) is 0 Å². The first-order chi connectivity index (χ1) is 10.0. The summed E-state index contributed by atoms with van der Waals surface area (Å²) in [6.45, 7) is 4.68. The minimum atomic E-state index is -1.09. The molecule has 2 N–H and O–H groups in total. The summed E-state index contributed by atoms with van der Waals surface area (Å²) in [5.41, 5.74) is 0.252. The average Bonchev–Trinajstić information content (AvgIpc) is 2.91. The third-order valence-electron chi connectivity index (χ3n) is 3.88. The molecule has 1 atom stereocenters. The zero-order valence-corrected chi connectivity index (χ0v) is 11.9. The van der Waals surface area contributed by atoms with Crippen molar-refractivity contribution in [1.82, 2.24) is 4.90 Å². The van der Waals surface area contributed by atoms with Crippen LogP contribution in [-0.4, -0.2) is 46.6 Å². The predicted molar refractivity (Wildman–Crippen MR) is 78.8 cm³/mol. The number of hydrogen-bond donors (Lipinski definition) is 2. The fraction of sp³-hybridized carbons (Fsp3) is 0.500. The molecule has 7 nitrogen and oxygen atoms in total. The molecule has 1 heterocycles. The predicted octanol–water partition coefficient (Wildman–Crippen LogP) is 2.19. The molecule has 1 saturated heterocycles. The van der Waals surface area contributed by atoms with Crippen LogP contribution in [0.15, 0.2) is 18.2 Å². The summed E-state index contributed by atoms with van der Waals surface area (Å²) in [6, 6.07) is 4.11. The Hall–Kier alpha value is -2.15. The number of hydrogen-bond acceptors (Lipinski definition) is 5. The Morgan fingerprint density at radius 1 is 1.57 bits per heavy atom. The quantitative estimate of drug-likeness (QED) is 0.616. The lowest BCUT2D eigenvalue weighted by atomic mass is 10.1. The summed E-state index contributed by atoms with van der Waals surface area (Å²) in [4.78, 5) is 23.8. The number of carboxylic acid groups (broad SMARTS) is 1. The van der Waals surface area contributed by atoms with Gasteiger partial charge in [-0.05, 0) is 32.0 Å². The molecule has 0 spiro atoms. The standard InChI is InChI=1S/C14H19N3O4/c1-2-16-7-3-4-11(16)9-15-13-8-10(17(20)21)5-6-12(13)14(18)19/h5-6,8,11,15H,2-4,7,9H2,1H3,(H,18,19). The van der Waals surface area contributed by atoms with Crippen LogP contribution in [0, 0.1) is 10.1 Å². The number of nitrogens with one attached hydrogen (secondary N) is 1. The summed E-state index contributed by atoms with van der Waals surface area (Å²) in [6.07, 6.45) is 2.18. The number of non-ortho nitro benzene ring substituents is 1. The van der Waals surface area contributed by atoms with Gasteiger partial charge in [0.25, 0.3) is 5.69 Å². The maximum Gasteiger partial charge on any atom is 0.337 e. The van der Waals surface area contributed by atoms with Gasteiger partial charge >= 0.3 is 5.97 Å². The molecule has 21 heavy (non-hydrogen) atoms. The summed E-state index contributed by atoms with van der Waals surface area (Å²) >= 11 is 0. The fourth-order valence-corrected chi connectivity index (χ4v) is 2.75. The highest BCUT2D eigenvalue weighted by atomic mass is 16.6. The van der Waals surface area contributed by atoms with Gasteiger partial charge < -0.3 is 10.4 Å². The van der Waals surface area contributed by atoms with Gasteiger partial charge in [0.15, 0.2) is 0 Å². The third-order valence-corrected chi connectivity index (χ3v) is 3.88. The van der Waals surface area contributed by atoms with Crippen molar-refractivity contribution in [3.8, 4) is 0 Å². The summed E-state index contributed by atoms with van der Waals surface area (Å²) in [7, 11) is 0. The molecule has 0 radical (unpaired) electrons. The number of likely N-dealkylation sites (N-methyl/N-ethyl adjacent to an activating group) is 1. The molecule has 0 amide bonds. The number of nitro benzene ring substituents is 1. The molecule has 2 rings (SSSR count). The van der Waals surface area contributed by atoms with E-state index in [0.717, 1.165) is 25.9 Å². The van der Waals surface area contributed by atoms with Crippen LogP contribution < -0.4 is 5.32 Å². The van der Waals surface area contributed by atoms with Crippen LogP contribution in [0.1, 0.15) is 30.1 Å². The topological polar surface area (TPSA) is 95.7 Å². The first kappa shape index (κ1) is 15.2. The maximum absolute atomic E-state index is 11.2. The van der Waals surface area contributed by atoms with Crippen molar-refractivity contribution in [2.75, 3.05) is 25.0 Å². The highest BCUT2D eigenvalue weighted by Crippen LogP contribution is 2.24. The van der Waals surface area contributed by atoms with E-state index >= 15 is 0 Å². The second-order valence-corrected chi connectivity index (χ2v) is 5.10. The number of nitrogens with zero attached hydrogens (tertiary/aromatic N) is 2. The third kappa shape index (κ3) is 3.49. The fourth-order valence-electron chi connectivity index (χ4n) is 2.75. The van der Waals surface area contributed by atoms with Crippen LogP contribution in [0.4, 0.5) is 11.4 Å². The smallest absolute Gasteiger partial charge is 0.337 e. The lowest BCUT2D eigenvalue weighted by Crippen LogP contribution is -2.34. The van der Waals surface area contributed by atoms with E-state index in [-0.39, 0.29) is 11.3 Å². The molecular weight excluding hydrogens is 274 g/mol. The van der Waals surface area contributed by atoms with Gasteiger partial charge in [-0.25, -0.2) is 4.79 Å². The molecule has 1 aliphatic rings. The molecule has 0 aliphatic carbocycles.